The second-order valence-electron chi connectivity index (χ2n) is 7.22. The molecule has 0 bridgehead atoms. The van der Waals surface area contributed by atoms with Crippen LogP contribution in [0.2, 0.25) is 0 Å². The Balaban J connectivity index is 0.000000451. The molecule has 0 unspecified atom stereocenters. The zero-order valence-corrected chi connectivity index (χ0v) is 20.6. The van der Waals surface area contributed by atoms with Gasteiger partial charge in [0.2, 0.25) is 0 Å². The molecule has 0 radical (unpaired) electrons. The fraction of sp³-hybridized carbons (Fsp3) is 0.850. The third-order valence-corrected chi connectivity index (χ3v) is 9.56. The Bertz CT molecular complexity index is 404. The smallest absolute Gasteiger partial charge is 0.358 e. The minimum absolute atomic E-state index is 0. The molecule has 4 fully saturated rings. The van der Waals surface area contributed by atoms with Crippen LogP contribution in [-0.4, -0.2) is 65.7 Å². The third-order valence-electron chi connectivity index (χ3n) is 5.12. The Morgan fingerprint density at radius 3 is 1.89 bits per heavy atom. The largest absolute Gasteiger partial charge is 2.00 e. The van der Waals surface area contributed by atoms with E-state index in [1.807, 2.05) is 6.92 Å². The molecular weight excluding hydrogens is 414 g/mol. The normalized spacial score (nSPS) is 23.0. The van der Waals surface area contributed by atoms with E-state index >= 15 is 0 Å². The first-order chi connectivity index (χ1) is 11.9. The zero-order chi connectivity index (χ0) is 16.6. The van der Waals surface area contributed by atoms with E-state index in [1.54, 1.807) is 0 Å². The summed E-state index contributed by atoms with van der Waals surface area (Å²) >= 11 is 0. The zero-order valence-electron chi connectivity index (χ0n) is 17.7. The average molecular weight is 454 g/mol. The van der Waals surface area contributed by atoms with Crippen LogP contribution in [0.1, 0.15) is 58.3 Å². The summed E-state index contributed by atoms with van der Waals surface area (Å²) in [7, 11) is 1.70. The summed E-state index contributed by atoms with van der Waals surface area (Å²) in [6, 6.07) is 0. The second-order valence-corrected chi connectivity index (χ2v) is 11.1. The summed E-state index contributed by atoms with van der Waals surface area (Å²) in [4.78, 5) is 0. The van der Waals surface area contributed by atoms with Crippen molar-refractivity contribution >= 4 is 22.2 Å². The van der Waals surface area contributed by atoms with Crippen molar-refractivity contribution in [2.45, 2.75) is 69.6 Å². The predicted octanol–water partition coefficient (Wildman–Crippen LogP) is 5.92. The van der Waals surface area contributed by atoms with E-state index in [-0.39, 0.29) is 40.1 Å². The van der Waals surface area contributed by atoms with Crippen molar-refractivity contribution in [2.75, 3.05) is 39.3 Å². The SMILES string of the molecule is C1CCC(P(N2CC2)N2CC2)C1.CCN=NCC=PC1CCCC1.[CH3-].[CH3-].[Fe+2]. The number of nitrogens with zero attached hydrogens (tertiary/aromatic N) is 4. The molecule has 4 rings (SSSR count). The van der Waals surface area contributed by atoms with Crippen LogP contribution in [0.25, 0.3) is 0 Å². The first kappa shape index (κ1) is 27.6. The molecule has 7 heteroatoms. The van der Waals surface area contributed by atoms with E-state index in [1.165, 1.54) is 85.7 Å². The first-order valence-corrected chi connectivity index (χ1v) is 12.4. The monoisotopic (exact) mass is 454 g/mol. The van der Waals surface area contributed by atoms with Crippen LogP contribution < -0.4 is 0 Å². The van der Waals surface area contributed by atoms with Gasteiger partial charge in [-0.15, -0.1) is 8.20 Å². The van der Waals surface area contributed by atoms with Crippen molar-refractivity contribution in [3.63, 3.8) is 0 Å². The van der Waals surface area contributed by atoms with Crippen LogP contribution in [0, 0.1) is 14.9 Å². The fourth-order valence-corrected chi connectivity index (χ4v) is 7.95. The van der Waals surface area contributed by atoms with Gasteiger partial charge in [-0.3, -0.25) is 9.34 Å². The Morgan fingerprint density at radius 2 is 1.41 bits per heavy atom. The standard InChI is InChI=1S/2C9H17N2P.2CH3.Fe/c1-2-4-9(3-1)12(10-5-6-10)11-7-8-11;1-2-10-11-7-8-12-9-5-3-4-6-9;;;/h9H,1-8H2;8-9H,2-7H2,1H3;2*1H3;/q;;2*-1;+2. The molecule has 0 atom stereocenters. The van der Waals surface area contributed by atoms with E-state index in [0.717, 1.165) is 24.4 Å². The summed E-state index contributed by atoms with van der Waals surface area (Å²) in [5.41, 5.74) is 2.02. The summed E-state index contributed by atoms with van der Waals surface area (Å²) < 4.78 is 5.44. The minimum atomic E-state index is 0. The molecule has 4 aliphatic rings. The topological polar surface area (TPSA) is 30.7 Å². The van der Waals surface area contributed by atoms with Gasteiger partial charge in [-0.2, -0.15) is 10.2 Å². The van der Waals surface area contributed by atoms with Crippen LogP contribution in [0.4, 0.5) is 0 Å². The molecule has 0 amide bonds. The molecule has 4 nitrogen and oxygen atoms in total. The Hall–Kier alpha value is 0.639. The van der Waals surface area contributed by atoms with Crippen LogP contribution in [0.15, 0.2) is 10.2 Å². The van der Waals surface area contributed by atoms with E-state index in [9.17, 15) is 0 Å². The summed E-state index contributed by atoms with van der Waals surface area (Å²) in [6.07, 6.45) is 11.8. The predicted molar refractivity (Wildman–Crippen MR) is 121 cm³/mol. The maximum Gasteiger partial charge on any atom is 2.00 e. The van der Waals surface area contributed by atoms with Crippen molar-refractivity contribution in [3.8, 4) is 0 Å². The van der Waals surface area contributed by atoms with Gasteiger partial charge in [-0.25, -0.2) is 0 Å². The van der Waals surface area contributed by atoms with Gasteiger partial charge in [-0.1, -0.05) is 25.7 Å². The van der Waals surface area contributed by atoms with Crippen molar-refractivity contribution < 1.29 is 17.1 Å². The molecule has 2 saturated carbocycles. The number of hydrogen-bond acceptors (Lipinski definition) is 4. The van der Waals surface area contributed by atoms with Crippen LogP contribution in [0.5, 0.6) is 0 Å². The van der Waals surface area contributed by atoms with E-state index in [0.29, 0.717) is 0 Å². The van der Waals surface area contributed by atoms with E-state index < -0.39 is 0 Å². The number of rotatable bonds is 7. The van der Waals surface area contributed by atoms with Crippen molar-refractivity contribution in [1.82, 2.24) is 9.34 Å². The summed E-state index contributed by atoms with van der Waals surface area (Å²) in [5, 5.41) is 7.94. The molecule has 2 saturated heterocycles. The van der Waals surface area contributed by atoms with Gasteiger partial charge in [-0.05, 0) is 38.4 Å². The minimum Gasteiger partial charge on any atom is -0.358 e. The Morgan fingerprint density at radius 1 is 0.889 bits per heavy atom. The quantitative estimate of drug-likeness (QED) is 0.157. The molecule has 0 N–H and O–H groups in total. The van der Waals surface area contributed by atoms with Crippen LogP contribution >= 0.6 is 16.4 Å². The summed E-state index contributed by atoms with van der Waals surface area (Å²) in [5.74, 6) is 2.25. The van der Waals surface area contributed by atoms with Crippen LogP contribution in [0.3, 0.4) is 0 Å². The van der Waals surface area contributed by atoms with Gasteiger partial charge < -0.3 is 14.9 Å². The first-order valence-electron chi connectivity index (χ1n) is 10.0. The fourth-order valence-electron chi connectivity index (χ4n) is 3.72. The second kappa shape index (κ2) is 15.5. The van der Waals surface area contributed by atoms with Crippen molar-refractivity contribution in [2.24, 2.45) is 10.2 Å². The van der Waals surface area contributed by atoms with E-state index in [2.05, 4.69) is 25.4 Å². The van der Waals surface area contributed by atoms with Crippen molar-refractivity contribution in [3.05, 3.63) is 14.9 Å². The van der Waals surface area contributed by atoms with Gasteiger partial charge in [0.15, 0.2) is 0 Å². The van der Waals surface area contributed by atoms with Gasteiger partial charge >= 0.3 is 17.1 Å². The van der Waals surface area contributed by atoms with Crippen LogP contribution in [-0.2, 0) is 17.1 Å². The third kappa shape index (κ3) is 10.3. The van der Waals surface area contributed by atoms with Gasteiger partial charge in [0.05, 0.1) is 13.1 Å². The average Bonchev–Trinajstić information content (AvgIpc) is 3.49. The molecule has 27 heavy (non-hydrogen) atoms. The Labute approximate surface area is 182 Å². The molecule has 2 heterocycles. The molecule has 2 aliphatic carbocycles. The van der Waals surface area contributed by atoms with Gasteiger partial charge in [0.1, 0.15) is 0 Å². The van der Waals surface area contributed by atoms with E-state index in [4.69, 9.17) is 0 Å². The Kier molecular flexibility index (Phi) is 15.8. The number of azo groups is 1. The molecule has 0 aromatic rings. The molecule has 158 valence electrons. The molecular formula is C20H40FeN4P2. The van der Waals surface area contributed by atoms with Gasteiger partial charge in [0, 0.05) is 45.7 Å². The maximum absolute atomic E-state index is 4.01. The molecule has 0 spiro atoms. The van der Waals surface area contributed by atoms with Crippen molar-refractivity contribution in [1.29, 1.82) is 0 Å². The molecule has 0 aromatic carbocycles. The molecule has 2 aliphatic heterocycles. The summed E-state index contributed by atoms with van der Waals surface area (Å²) in [6.45, 7) is 9.24. The maximum atomic E-state index is 4.01. The van der Waals surface area contributed by atoms with Gasteiger partial charge in [0.25, 0.3) is 0 Å². The molecule has 0 aromatic heterocycles. The number of hydrogen-bond donors (Lipinski definition) is 0.